The Morgan fingerprint density at radius 1 is 0.600 bits per heavy atom. The van der Waals surface area contributed by atoms with Crippen molar-refractivity contribution < 1.29 is 76.2 Å². The molecule has 2 aliphatic rings. The molecule has 10 atom stereocenters. The van der Waals surface area contributed by atoms with E-state index in [2.05, 4.69) is 5.32 Å². The van der Waals surface area contributed by atoms with Gasteiger partial charge >= 0.3 is 295 Å². The number of amides is 1. The van der Waals surface area contributed by atoms with E-state index in [1.54, 1.807) is 0 Å². The van der Waals surface area contributed by atoms with Crippen LogP contribution in [0.5, 0.6) is 0 Å². The van der Waals surface area contributed by atoms with Crippen LogP contribution >= 0.6 is 0 Å². The molecule has 0 aliphatic carbocycles. The van der Waals surface area contributed by atoms with Gasteiger partial charge in [-0.2, -0.15) is 0 Å². The summed E-state index contributed by atoms with van der Waals surface area (Å²) in [7, 11) is 0. The number of carbonyl (C=O) groups is 7. The molecule has 0 spiro atoms. The van der Waals surface area contributed by atoms with Crippen LogP contribution in [0.1, 0.15) is 48.5 Å². The Morgan fingerprint density at radius 2 is 1.08 bits per heavy atom. The number of hydrogen-bond acceptors (Lipinski definition) is 16. The van der Waals surface area contributed by atoms with Crippen LogP contribution in [0.4, 0.5) is 0 Å². The summed E-state index contributed by atoms with van der Waals surface area (Å²) >= 11 is -0.513. The van der Waals surface area contributed by atoms with E-state index in [9.17, 15) is 33.6 Å². The third-order valence-corrected chi connectivity index (χ3v) is 9.48. The van der Waals surface area contributed by atoms with Gasteiger partial charge in [-0.05, 0) is 0 Å². The molecule has 2 fully saturated rings. The molecule has 1 N–H and O–H groups in total. The molecule has 2 saturated heterocycles. The number of ether oxygens (including phenoxy) is 9. The van der Waals surface area contributed by atoms with Crippen molar-refractivity contribution in [1.29, 1.82) is 0 Å². The van der Waals surface area contributed by atoms with E-state index >= 15 is 0 Å². The van der Waals surface area contributed by atoms with Gasteiger partial charge in [-0.3, -0.25) is 0 Å². The van der Waals surface area contributed by atoms with Crippen LogP contribution in [0.15, 0.2) is 30.3 Å². The Kier molecular flexibility index (Phi) is 15.1. The van der Waals surface area contributed by atoms with Gasteiger partial charge in [-0.25, -0.2) is 0 Å². The minimum absolute atomic E-state index is 0.419. The van der Waals surface area contributed by atoms with Gasteiger partial charge < -0.3 is 0 Å². The minimum atomic E-state index is -1.71. The molecule has 18 heteroatoms. The number of carbonyl (C=O) groups excluding carboxylic acids is 7. The van der Waals surface area contributed by atoms with Crippen molar-refractivity contribution in [2.75, 3.05) is 13.2 Å². The second-order valence-corrected chi connectivity index (χ2v) is 13.7. The van der Waals surface area contributed by atoms with E-state index in [1.165, 1.54) is 13.8 Å². The number of esters is 6. The van der Waals surface area contributed by atoms with Crippen molar-refractivity contribution in [2.24, 2.45) is 0 Å². The van der Waals surface area contributed by atoms with Crippen LogP contribution in [0.25, 0.3) is 0 Å². The summed E-state index contributed by atoms with van der Waals surface area (Å²) in [6, 6.07) is 8.16. The molecule has 3 rings (SSSR count). The summed E-state index contributed by atoms with van der Waals surface area (Å²) in [4.78, 5) is 85.7. The van der Waals surface area contributed by atoms with E-state index in [4.69, 9.17) is 42.6 Å². The van der Waals surface area contributed by atoms with Gasteiger partial charge in [-0.1, -0.05) is 0 Å². The molecular weight excluding hydrogens is 733 g/mol. The van der Waals surface area contributed by atoms with Gasteiger partial charge in [-0.15, -0.1) is 0 Å². The average molecular weight is 775 g/mol. The molecule has 0 bridgehead atoms. The monoisotopic (exact) mass is 775 g/mol. The molecule has 1 aromatic rings. The fourth-order valence-electron chi connectivity index (χ4n) is 5.31. The van der Waals surface area contributed by atoms with Crippen molar-refractivity contribution in [3.63, 3.8) is 0 Å². The predicted octanol–water partition coefficient (Wildman–Crippen LogP) is -0.791. The second-order valence-electron chi connectivity index (χ2n) is 11.2. The summed E-state index contributed by atoms with van der Waals surface area (Å²) in [6.45, 7) is 6.96. The quantitative estimate of drug-likeness (QED) is 0.148. The van der Waals surface area contributed by atoms with Crippen LogP contribution in [0.2, 0.25) is 0 Å². The first-order valence-corrected chi connectivity index (χ1v) is 17.3. The summed E-state index contributed by atoms with van der Waals surface area (Å²) in [5, 5.41) is 1.99. The zero-order valence-corrected chi connectivity index (χ0v) is 30.2. The standard InChI is InChI=1S/C32H41NO16Se/c1-15(34)33-25-28(44-19(5)38)26(24(14-42-17(3)36)48-32(25)50-22-11-9-8-10-12-22)49-31-30(46-21(7)40)29(45-20(6)39)27(43-18(4)37)23(47-31)13-41-16(2)35/h8-12,23-32H,13-14H2,1-7H3,(H,33,34)/t23-,24-,25-,26-,27+,28-,29+,30-,31+,32+/m1/s1. The fraction of sp³-hybridized carbons (Fsp3) is 0.594. The van der Waals surface area contributed by atoms with E-state index in [0.717, 1.165) is 39.1 Å². The Morgan fingerprint density at radius 3 is 1.58 bits per heavy atom. The molecule has 50 heavy (non-hydrogen) atoms. The van der Waals surface area contributed by atoms with Crippen molar-refractivity contribution in [2.45, 2.75) is 109 Å². The van der Waals surface area contributed by atoms with E-state index in [0.29, 0.717) is 0 Å². The van der Waals surface area contributed by atoms with Crippen LogP contribution in [0, 0.1) is 0 Å². The maximum atomic E-state index is 12.6. The second kappa shape index (κ2) is 18.8. The number of rotatable bonds is 13. The van der Waals surface area contributed by atoms with Crippen molar-refractivity contribution >= 4 is 61.1 Å². The van der Waals surface area contributed by atoms with Crippen LogP contribution in [0.3, 0.4) is 0 Å². The van der Waals surface area contributed by atoms with E-state index < -0.39 is 130 Å². The zero-order valence-electron chi connectivity index (χ0n) is 28.5. The first-order valence-electron chi connectivity index (χ1n) is 15.5. The first kappa shape index (κ1) is 40.3. The fourth-order valence-corrected chi connectivity index (χ4v) is 7.72. The van der Waals surface area contributed by atoms with Crippen LogP contribution in [-0.4, -0.2) is 130 Å². The summed E-state index contributed by atoms with van der Waals surface area (Å²) in [6.07, 6.45) is -11.7. The summed E-state index contributed by atoms with van der Waals surface area (Å²) < 4.78 is 52.5. The zero-order chi connectivity index (χ0) is 37.1. The molecule has 276 valence electrons. The average Bonchev–Trinajstić information content (AvgIpc) is 3.00. The molecular formula is C32H41NO16Se. The topological polar surface area (TPSA) is 215 Å². The first-order chi connectivity index (χ1) is 23.5. The third-order valence-electron chi connectivity index (χ3n) is 7.00. The van der Waals surface area contributed by atoms with Gasteiger partial charge in [0.1, 0.15) is 0 Å². The predicted molar refractivity (Wildman–Crippen MR) is 167 cm³/mol. The van der Waals surface area contributed by atoms with Crippen LogP contribution in [-0.2, 0) is 76.2 Å². The Balaban J connectivity index is 2.16. The SMILES string of the molecule is CC(=O)N[C@@H]1[C@@H](OC(C)=O)[C@H](O[C@@H]2O[C@H](COC(C)=O)[C@H](OC(C)=O)[C@H](OC(C)=O)[C@H]2OC(C)=O)[C@@H](COC(C)=O)O[C@H]1[Se]c1ccccc1. The molecule has 1 aromatic carbocycles. The van der Waals surface area contributed by atoms with Crippen molar-refractivity contribution in [3.8, 4) is 0 Å². The normalized spacial score (nSPS) is 29.0. The summed E-state index contributed by atoms with van der Waals surface area (Å²) in [5.74, 6) is -5.21. The Bertz CT molecular complexity index is 1390. The molecule has 17 nitrogen and oxygen atoms in total. The van der Waals surface area contributed by atoms with Gasteiger partial charge in [0.25, 0.3) is 0 Å². The van der Waals surface area contributed by atoms with E-state index in [1.807, 2.05) is 30.3 Å². The Hall–Kier alpha value is -4.09. The van der Waals surface area contributed by atoms with Gasteiger partial charge in [0, 0.05) is 0 Å². The van der Waals surface area contributed by atoms with Gasteiger partial charge in [0.2, 0.25) is 0 Å². The number of nitrogens with one attached hydrogen (secondary N) is 1. The summed E-state index contributed by atoms with van der Waals surface area (Å²) in [5.41, 5.74) is 0. The van der Waals surface area contributed by atoms with Crippen molar-refractivity contribution in [1.82, 2.24) is 5.32 Å². The third kappa shape index (κ3) is 12.1. The van der Waals surface area contributed by atoms with Crippen LogP contribution < -0.4 is 9.78 Å². The van der Waals surface area contributed by atoms with E-state index in [-0.39, 0.29) is 0 Å². The molecule has 0 radical (unpaired) electrons. The molecule has 0 unspecified atom stereocenters. The molecule has 1 amide bonds. The number of benzene rings is 1. The van der Waals surface area contributed by atoms with Gasteiger partial charge in [0.05, 0.1) is 0 Å². The molecule has 0 aromatic heterocycles. The number of hydrogen-bond donors (Lipinski definition) is 1. The molecule has 2 aliphatic heterocycles. The maximum absolute atomic E-state index is 12.6. The molecule has 2 heterocycles. The Labute approximate surface area is 294 Å². The molecule has 0 saturated carbocycles. The van der Waals surface area contributed by atoms with Crippen molar-refractivity contribution in [3.05, 3.63) is 30.3 Å². The van der Waals surface area contributed by atoms with Gasteiger partial charge in [0.15, 0.2) is 0 Å².